The van der Waals surface area contributed by atoms with Gasteiger partial charge in [0.05, 0.1) is 11.3 Å². The molecule has 116 valence electrons. The summed E-state index contributed by atoms with van der Waals surface area (Å²) in [6.07, 6.45) is 0. The van der Waals surface area contributed by atoms with Crippen molar-refractivity contribution in [3.05, 3.63) is 10.4 Å². The summed E-state index contributed by atoms with van der Waals surface area (Å²) in [6.45, 7) is 5.93. The second-order valence-electron chi connectivity index (χ2n) is 5.50. The lowest BCUT2D eigenvalue weighted by Crippen LogP contribution is -2.43. The minimum absolute atomic E-state index is 0.0872. The van der Waals surface area contributed by atoms with Crippen molar-refractivity contribution in [2.24, 2.45) is 5.73 Å². The van der Waals surface area contributed by atoms with Crippen molar-refractivity contribution in [3.8, 4) is 0 Å². The largest absolute Gasteiger partial charge is 0.397 e. The fourth-order valence-electron chi connectivity index (χ4n) is 2.37. The molecule has 2 heterocycles. The second kappa shape index (κ2) is 5.76. The maximum absolute atomic E-state index is 12.1. The molecule has 0 aliphatic carbocycles. The van der Waals surface area contributed by atoms with Crippen molar-refractivity contribution in [1.82, 2.24) is 5.32 Å². The first-order valence-corrected chi connectivity index (χ1v) is 8.40. The number of rotatable bonds is 3. The van der Waals surface area contributed by atoms with Crippen molar-refractivity contribution < 1.29 is 9.59 Å². The zero-order chi connectivity index (χ0) is 15.8. The number of amides is 2. The van der Waals surface area contributed by atoms with Crippen molar-refractivity contribution in [2.75, 3.05) is 36.5 Å². The van der Waals surface area contributed by atoms with E-state index in [1.807, 2.05) is 11.8 Å². The Balaban J connectivity index is 2.49. The van der Waals surface area contributed by atoms with E-state index in [-0.39, 0.29) is 21.2 Å². The van der Waals surface area contributed by atoms with Crippen LogP contribution < -0.4 is 21.7 Å². The summed E-state index contributed by atoms with van der Waals surface area (Å²) in [7, 11) is 1.54. The first-order chi connectivity index (χ1) is 9.76. The molecule has 21 heavy (non-hydrogen) atoms. The average Bonchev–Trinajstić information content (AvgIpc) is 2.74. The molecule has 8 heteroatoms. The number of carbonyl (C=O) groups is 2. The number of nitrogens with one attached hydrogen (secondary N) is 1. The van der Waals surface area contributed by atoms with E-state index in [0.717, 1.165) is 23.8 Å². The van der Waals surface area contributed by atoms with Crippen molar-refractivity contribution in [1.29, 1.82) is 0 Å². The summed E-state index contributed by atoms with van der Waals surface area (Å²) in [5.74, 6) is 0.0750. The molecule has 0 spiro atoms. The molecular weight excluding hydrogens is 308 g/mol. The van der Waals surface area contributed by atoms with Gasteiger partial charge in [0.2, 0.25) is 0 Å². The summed E-state index contributed by atoms with van der Waals surface area (Å²) in [4.78, 5) is 26.0. The Labute approximate surface area is 132 Å². The summed E-state index contributed by atoms with van der Waals surface area (Å²) in [6, 6.07) is 0. The van der Waals surface area contributed by atoms with Gasteiger partial charge < -0.3 is 21.7 Å². The SMILES string of the molecule is CNC(=O)c1c(N2CCSC(C)(C)C2)sc(C(N)=O)c1N. The van der Waals surface area contributed by atoms with E-state index in [1.54, 1.807) is 7.05 Å². The summed E-state index contributed by atoms with van der Waals surface area (Å²) in [5, 5.41) is 3.31. The van der Waals surface area contributed by atoms with Crippen LogP contribution in [0.25, 0.3) is 0 Å². The van der Waals surface area contributed by atoms with Crippen LogP contribution in [0.15, 0.2) is 0 Å². The maximum Gasteiger partial charge on any atom is 0.260 e. The van der Waals surface area contributed by atoms with Gasteiger partial charge in [0.15, 0.2) is 0 Å². The highest BCUT2D eigenvalue weighted by atomic mass is 32.2. The minimum atomic E-state index is -0.598. The lowest BCUT2D eigenvalue weighted by Gasteiger charge is -2.38. The van der Waals surface area contributed by atoms with Gasteiger partial charge in [0.25, 0.3) is 11.8 Å². The van der Waals surface area contributed by atoms with Crippen LogP contribution in [0.5, 0.6) is 0 Å². The van der Waals surface area contributed by atoms with Crippen molar-refractivity contribution >= 4 is 45.6 Å². The van der Waals surface area contributed by atoms with Gasteiger partial charge in [0.1, 0.15) is 9.88 Å². The van der Waals surface area contributed by atoms with Crippen molar-refractivity contribution in [2.45, 2.75) is 18.6 Å². The van der Waals surface area contributed by atoms with E-state index in [0.29, 0.717) is 5.56 Å². The number of carbonyl (C=O) groups excluding carboxylic acids is 2. The Kier molecular flexibility index (Phi) is 4.38. The Bertz CT molecular complexity index is 583. The molecule has 0 atom stereocenters. The third kappa shape index (κ3) is 3.11. The molecule has 0 bridgehead atoms. The lowest BCUT2D eigenvalue weighted by atomic mass is 10.1. The van der Waals surface area contributed by atoms with E-state index in [9.17, 15) is 9.59 Å². The number of hydrogen-bond acceptors (Lipinski definition) is 6. The number of nitrogens with two attached hydrogens (primary N) is 2. The van der Waals surface area contributed by atoms with Crippen LogP contribution in [0.3, 0.4) is 0 Å². The molecule has 0 aromatic carbocycles. The Morgan fingerprint density at radius 3 is 2.57 bits per heavy atom. The summed E-state index contributed by atoms with van der Waals surface area (Å²) in [5.41, 5.74) is 11.9. The molecule has 1 aliphatic heterocycles. The zero-order valence-corrected chi connectivity index (χ0v) is 14.0. The quantitative estimate of drug-likeness (QED) is 0.772. The molecule has 5 N–H and O–H groups in total. The number of thiophene rings is 1. The number of hydrogen-bond donors (Lipinski definition) is 3. The normalized spacial score (nSPS) is 17.6. The van der Waals surface area contributed by atoms with Gasteiger partial charge in [-0.3, -0.25) is 9.59 Å². The highest BCUT2D eigenvalue weighted by Crippen LogP contribution is 2.41. The topological polar surface area (TPSA) is 101 Å². The van der Waals surface area contributed by atoms with Crippen LogP contribution in [0, 0.1) is 0 Å². The molecule has 2 rings (SSSR count). The Morgan fingerprint density at radius 1 is 1.38 bits per heavy atom. The predicted octanol–water partition coefficient (Wildman–Crippen LogP) is 1.12. The van der Waals surface area contributed by atoms with Crippen LogP contribution in [0.2, 0.25) is 0 Å². The van der Waals surface area contributed by atoms with Gasteiger partial charge in [0, 0.05) is 30.6 Å². The van der Waals surface area contributed by atoms with E-state index >= 15 is 0 Å². The van der Waals surface area contributed by atoms with Gasteiger partial charge in [-0.25, -0.2) is 0 Å². The van der Waals surface area contributed by atoms with Crippen LogP contribution in [-0.2, 0) is 0 Å². The van der Waals surface area contributed by atoms with Gasteiger partial charge in [-0.1, -0.05) is 0 Å². The van der Waals surface area contributed by atoms with E-state index < -0.39 is 5.91 Å². The molecule has 6 nitrogen and oxygen atoms in total. The molecule has 1 aromatic rings. The number of nitrogen functional groups attached to an aromatic ring is 1. The summed E-state index contributed by atoms with van der Waals surface area (Å²) >= 11 is 3.10. The standard InChI is InChI=1S/C13H20N4O2S2/c1-13(2)6-17(4-5-20-13)12-7(11(19)16-3)8(14)9(21-12)10(15)18/h4-6,14H2,1-3H3,(H2,15,18)(H,16,19). The molecule has 1 aromatic heterocycles. The molecule has 1 fully saturated rings. The molecule has 1 saturated heterocycles. The smallest absolute Gasteiger partial charge is 0.260 e. The first-order valence-electron chi connectivity index (χ1n) is 6.60. The third-order valence-electron chi connectivity index (χ3n) is 3.32. The highest BCUT2D eigenvalue weighted by Gasteiger charge is 2.32. The predicted molar refractivity (Wildman–Crippen MR) is 89.4 cm³/mol. The van der Waals surface area contributed by atoms with Gasteiger partial charge >= 0.3 is 0 Å². The van der Waals surface area contributed by atoms with Crippen LogP contribution in [0.4, 0.5) is 10.7 Å². The fraction of sp³-hybridized carbons (Fsp3) is 0.538. The molecule has 0 saturated carbocycles. The Morgan fingerprint density at radius 2 is 2.05 bits per heavy atom. The van der Waals surface area contributed by atoms with Gasteiger partial charge in [-0.05, 0) is 13.8 Å². The van der Waals surface area contributed by atoms with Gasteiger partial charge in [-0.15, -0.1) is 11.3 Å². The zero-order valence-electron chi connectivity index (χ0n) is 12.4. The van der Waals surface area contributed by atoms with E-state index in [1.165, 1.54) is 11.3 Å². The molecule has 0 unspecified atom stereocenters. The van der Waals surface area contributed by atoms with Gasteiger partial charge in [-0.2, -0.15) is 11.8 Å². The van der Waals surface area contributed by atoms with Crippen molar-refractivity contribution in [3.63, 3.8) is 0 Å². The van der Waals surface area contributed by atoms with Crippen LogP contribution >= 0.6 is 23.1 Å². The van der Waals surface area contributed by atoms with E-state index in [4.69, 9.17) is 11.5 Å². The fourth-order valence-corrected chi connectivity index (χ4v) is 4.58. The average molecular weight is 328 g/mol. The van der Waals surface area contributed by atoms with Crippen LogP contribution in [0.1, 0.15) is 33.9 Å². The monoisotopic (exact) mass is 328 g/mol. The molecule has 1 aliphatic rings. The second-order valence-corrected chi connectivity index (χ2v) is 8.30. The minimum Gasteiger partial charge on any atom is -0.397 e. The molecule has 2 amide bonds. The number of thioether (sulfide) groups is 1. The number of primary amides is 1. The van der Waals surface area contributed by atoms with E-state index in [2.05, 4.69) is 24.1 Å². The maximum atomic E-state index is 12.1. The Hall–Kier alpha value is -1.41. The number of anilines is 2. The third-order valence-corrected chi connectivity index (χ3v) is 5.90. The first kappa shape index (κ1) is 16.0. The van der Waals surface area contributed by atoms with Crippen LogP contribution in [-0.4, -0.2) is 42.5 Å². The molecule has 0 radical (unpaired) electrons. The molecular formula is C13H20N4O2S2. The number of nitrogens with zero attached hydrogens (tertiary/aromatic N) is 1. The lowest BCUT2D eigenvalue weighted by molar-refractivity contribution is 0.0964. The highest BCUT2D eigenvalue weighted by molar-refractivity contribution is 8.00. The summed E-state index contributed by atoms with van der Waals surface area (Å²) < 4.78 is 0.0872.